The van der Waals surface area contributed by atoms with Gasteiger partial charge in [0, 0.05) is 31.5 Å². The van der Waals surface area contributed by atoms with Crippen LogP contribution in [0.1, 0.15) is 24.0 Å². The van der Waals surface area contributed by atoms with Crippen LogP contribution in [-0.2, 0) is 19.1 Å². The van der Waals surface area contributed by atoms with Crippen molar-refractivity contribution in [1.82, 2.24) is 10.6 Å². The number of rotatable bonds is 9. The van der Waals surface area contributed by atoms with E-state index in [1.807, 2.05) is 42.5 Å². The van der Waals surface area contributed by atoms with Crippen LogP contribution in [0.4, 0.5) is 0 Å². The van der Waals surface area contributed by atoms with E-state index in [1.165, 1.54) is 14.2 Å². The summed E-state index contributed by atoms with van der Waals surface area (Å²) >= 11 is 6.21. The number of carbonyl (C=O) groups is 2. The van der Waals surface area contributed by atoms with Crippen LogP contribution in [0.2, 0.25) is 5.02 Å². The Bertz CT molecular complexity index is 1140. The average molecular weight is 483 g/mol. The summed E-state index contributed by atoms with van der Waals surface area (Å²) in [4.78, 5) is 25.8. The van der Waals surface area contributed by atoms with Crippen LogP contribution < -0.4 is 10.6 Å². The Balaban J connectivity index is 2.03. The van der Waals surface area contributed by atoms with E-state index in [4.69, 9.17) is 21.1 Å². The lowest BCUT2D eigenvalue weighted by Crippen LogP contribution is -2.41. The molecule has 2 aromatic carbocycles. The van der Waals surface area contributed by atoms with Gasteiger partial charge in [0.1, 0.15) is 0 Å². The lowest BCUT2D eigenvalue weighted by molar-refractivity contribution is -0.133. The topological polar surface area (TPSA) is 96.9 Å². The fourth-order valence-electron chi connectivity index (χ4n) is 3.93. The number of dihydropyridines is 1. The van der Waals surface area contributed by atoms with Gasteiger partial charge in [0.15, 0.2) is 6.29 Å². The first-order valence-corrected chi connectivity index (χ1v) is 11.0. The first kappa shape index (κ1) is 25.2. The summed E-state index contributed by atoms with van der Waals surface area (Å²) in [5.41, 5.74) is 2.51. The highest BCUT2D eigenvalue weighted by atomic mass is 35.5. The number of nitrogens with one attached hydrogen (secondary N) is 2. The molecular weight excluding hydrogens is 456 g/mol. The second-order valence-electron chi connectivity index (χ2n) is 7.61. The fourth-order valence-corrected chi connectivity index (χ4v) is 4.13. The van der Waals surface area contributed by atoms with Gasteiger partial charge in [0.05, 0.1) is 22.8 Å². The molecule has 1 amide bonds. The van der Waals surface area contributed by atoms with Crippen molar-refractivity contribution in [3.8, 4) is 0 Å². The summed E-state index contributed by atoms with van der Waals surface area (Å²) in [5, 5.41) is 16.3. The van der Waals surface area contributed by atoms with Crippen molar-refractivity contribution in [3.63, 3.8) is 0 Å². The van der Waals surface area contributed by atoms with Crippen molar-refractivity contribution in [2.75, 3.05) is 20.8 Å². The van der Waals surface area contributed by atoms with Crippen molar-refractivity contribution < 1.29 is 24.2 Å². The van der Waals surface area contributed by atoms with Gasteiger partial charge in [0.25, 0.3) is 0 Å². The summed E-state index contributed by atoms with van der Waals surface area (Å²) in [6.45, 7) is 1.88. The van der Waals surface area contributed by atoms with Crippen molar-refractivity contribution >= 4 is 29.6 Å². The lowest BCUT2D eigenvalue weighted by Gasteiger charge is -2.33. The molecule has 1 unspecified atom stereocenters. The number of carboxylic acids is 1. The minimum atomic E-state index is -1.14. The molecule has 0 aliphatic carbocycles. The number of aliphatic carboxylic acids is 1. The molecule has 8 heteroatoms. The third-order valence-corrected chi connectivity index (χ3v) is 5.64. The molecule has 0 saturated heterocycles. The first-order chi connectivity index (χ1) is 16.4. The number of methoxy groups -OCH3 is 2. The summed E-state index contributed by atoms with van der Waals surface area (Å²) in [5.74, 6) is -2.48. The molecule has 3 N–H and O–H groups in total. The van der Waals surface area contributed by atoms with E-state index in [1.54, 1.807) is 31.2 Å². The Morgan fingerprint density at radius 1 is 1.12 bits per heavy atom. The number of hydrogen-bond acceptors (Lipinski definition) is 5. The van der Waals surface area contributed by atoms with Gasteiger partial charge in [-0.25, -0.2) is 4.79 Å². The van der Waals surface area contributed by atoms with Gasteiger partial charge < -0.3 is 25.2 Å². The minimum Gasteiger partial charge on any atom is -0.478 e. The van der Waals surface area contributed by atoms with E-state index in [0.717, 1.165) is 5.56 Å². The van der Waals surface area contributed by atoms with Crippen molar-refractivity contribution in [3.05, 3.63) is 99.4 Å². The maximum Gasteiger partial charge on any atom is 0.334 e. The van der Waals surface area contributed by atoms with Crippen LogP contribution in [0.3, 0.4) is 0 Å². The molecule has 0 aromatic heterocycles. The Hall–Kier alpha value is -3.39. The highest BCUT2D eigenvalue weighted by Crippen LogP contribution is 2.40. The van der Waals surface area contributed by atoms with Crippen LogP contribution in [0.5, 0.6) is 0 Å². The third-order valence-electron chi connectivity index (χ3n) is 5.40. The molecular formula is C26H27ClN2O5. The Morgan fingerprint density at radius 3 is 2.44 bits per heavy atom. The van der Waals surface area contributed by atoms with E-state index >= 15 is 0 Å². The number of ether oxygens (including phenoxy) is 2. The number of allylic oxidation sites excluding steroid dienone is 1. The van der Waals surface area contributed by atoms with Crippen LogP contribution in [0.25, 0.3) is 6.08 Å². The van der Waals surface area contributed by atoms with E-state index in [2.05, 4.69) is 10.6 Å². The molecule has 1 heterocycles. The number of amides is 1. The molecule has 0 fully saturated rings. The van der Waals surface area contributed by atoms with Crippen LogP contribution in [0.15, 0.2) is 83.2 Å². The van der Waals surface area contributed by atoms with E-state index in [9.17, 15) is 14.7 Å². The molecule has 178 valence electrons. The monoisotopic (exact) mass is 482 g/mol. The summed E-state index contributed by atoms with van der Waals surface area (Å²) < 4.78 is 10.8. The number of carbonyl (C=O) groups excluding carboxylic acids is 1. The first-order valence-electron chi connectivity index (χ1n) is 10.6. The summed E-state index contributed by atoms with van der Waals surface area (Å²) in [6.07, 6.45) is 2.80. The number of hydrogen-bond donors (Lipinski definition) is 3. The summed E-state index contributed by atoms with van der Waals surface area (Å²) in [7, 11) is 2.89. The quantitative estimate of drug-likeness (QED) is 0.466. The van der Waals surface area contributed by atoms with Gasteiger partial charge in [-0.15, -0.1) is 0 Å². The standard InChI is InChI=1S/C26H27ClN2O5/c1-16-20(25(31)32)21(18-12-7-13-19(27)15-18)22(23(29-16)26(33-2)34-3)24(30)28-14-8-11-17-9-5-4-6-10-17/h4-13,15,21,26,29H,14H2,1-3H3,(H,28,30)(H,31,32). The van der Waals surface area contributed by atoms with Gasteiger partial charge in [0.2, 0.25) is 5.91 Å². The van der Waals surface area contributed by atoms with E-state index < -0.39 is 24.1 Å². The fraction of sp³-hybridized carbons (Fsp3) is 0.231. The number of halogens is 1. The predicted octanol–water partition coefficient (Wildman–Crippen LogP) is 4.09. The highest BCUT2D eigenvalue weighted by molar-refractivity contribution is 6.30. The van der Waals surface area contributed by atoms with Crippen LogP contribution in [0, 0.1) is 0 Å². The normalized spacial score (nSPS) is 16.2. The zero-order valence-corrected chi connectivity index (χ0v) is 19.9. The average Bonchev–Trinajstić information content (AvgIpc) is 2.82. The second-order valence-corrected chi connectivity index (χ2v) is 8.05. The molecule has 1 aliphatic rings. The van der Waals surface area contributed by atoms with Gasteiger partial charge in [-0.05, 0) is 30.2 Å². The van der Waals surface area contributed by atoms with Gasteiger partial charge in [-0.1, -0.05) is 66.2 Å². The Morgan fingerprint density at radius 2 is 1.82 bits per heavy atom. The van der Waals surface area contributed by atoms with Crippen LogP contribution in [-0.4, -0.2) is 44.0 Å². The maximum atomic E-state index is 13.5. The smallest absolute Gasteiger partial charge is 0.334 e. The number of carboxylic acid groups (broad SMARTS) is 1. The minimum absolute atomic E-state index is 0.0435. The van der Waals surface area contributed by atoms with Crippen molar-refractivity contribution in [2.45, 2.75) is 19.1 Å². The molecule has 3 rings (SSSR count). The van der Waals surface area contributed by atoms with Crippen molar-refractivity contribution in [1.29, 1.82) is 0 Å². The molecule has 2 aromatic rings. The molecule has 1 atom stereocenters. The maximum absolute atomic E-state index is 13.5. The van der Waals surface area contributed by atoms with Gasteiger partial charge in [-0.2, -0.15) is 0 Å². The Kier molecular flexibility index (Phi) is 8.65. The molecule has 0 radical (unpaired) electrons. The molecule has 0 bridgehead atoms. The predicted molar refractivity (Wildman–Crippen MR) is 131 cm³/mol. The number of benzene rings is 2. The largest absolute Gasteiger partial charge is 0.478 e. The molecule has 34 heavy (non-hydrogen) atoms. The lowest BCUT2D eigenvalue weighted by atomic mass is 9.79. The molecule has 7 nitrogen and oxygen atoms in total. The van der Waals surface area contributed by atoms with Gasteiger partial charge >= 0.3 is 5.97 Å². The molecule has 0 spiro atoms. The van der Waals surface area contributed by atoms with Crippen molar-refractivity contribution in [2.24, 2.45) is 0 Å². The molecule has 1 aliphatic heterocycles. The van der Waals surface area contributed by atoms with E-state index in [0.29, 0.717) is 22.0 Å². The van der Waals surface area contributed by atoms with E-state index in [-0.39, 0.29) is 17.7 Å². The summed E-state index contributed by atoms with van der Waals surface area (Å²) in [6, 6.07) is 16.5. The molecule has 0 saturated carbocycles. The SMILES string of the molecule is COC(OC)C1=C(C(=O)NCC=Cc2ccccc2)C(c2cccc(Cl)c2)C(C(=O)O)=C(C)N1. The van der Waals surface area contributed by atoms with Crippen LogP contribution >= 0.6 is 11.6 Å². The third kappa shape index (κ3) is 5.75. The highest BCUT2D eigenvalue weighted by Gasteiger charge is 2.39. The Labute approximate surface area is 203 Å². The zero-order chi connectivity index (χ0) is 24.7. The second kappa shape index (κ2) is 11.7. The van der Waals surface area contributed by atoms with Gasteiger partial charge in [-0.3, -0.25) is 4.79 Å². The zero-order valence-electron chi connectivity index (χ0n) is 19.2.